The first kappa shape index (κ1) is 14.4. The van der Waals surface area contributed by atoms with Crippen LogP contribution in [0.2, 0.25) is 0 Å². The van der Waals surface area contributed by atoms with Crippen LogP contribution >= 0.6 is 11.8 Å². The fourth-order valence-electron chi connectivity index (χ4n) is 1.46. The summed E-state index contributed by atoms with van der Waals surface area (Å²) in [4.78, 5) is 13.5. The third kappa shape index (κ3) is 3.74. The summed E-state index contributed by atoms with van der Waals surface area (Å²) in [7, 11) is 1.50. The molecular weight excluding hydrogens is 276 g/mol. The van der Waals surface area contributed by atoms with Crippen LogP contribution in [0.1, 0.15) is 6.92 Å². The molecule has 0 aliphatic heterocycles. The second-order valence-corrected chi connectivity index (χ2v) is 4.62. The van der Waals surface area contributed by atoms with Crippen molar-refractivity contribution in [1.82, 2.24) is 15.0 Å². The predicted molar refractivity (Wildman–Crippen MR) is 78.8 cm³/mol. The molecule has 0 fully saturated rings. The van der Waals surface area contributed by atoms with Gasteiger partial charge in [-0.2, -0.15) is 9.97 Å². The fourth-order valence-corrected chi connectivity index (χ4v) is 1.87. The summed E-state index contributed by atoms with van der Waals surface area (Å²) in [5, 5.41) is 3.00. The van der Waals surface area contributed by atoms with E-state index in [-0.39, 0.29) is 12.0 Å². The zero-order chi connectivity index (χ0) is 14.4. The molecule has 2 aromatic rings. The van der Waals surface area contributed by atoms with Crippen molar-refractivity contribution in [2.24, 2.45) is 0 Å². The summed E-state index contributed by atoms with van der Waals surface area (Å²) < 4.78 is 10.6. The van der Waals surface area contributed by atoms with Crippen LogP contribution in [0.15, 0.2) is 29.2 Å². The van der Waals surface area contributed by atoms with Gasteiger partial charge in [0, 0.05) is 11.4 Å². The molecule has 1 heterocycles. The predicted octanol–water partition coefficient (Wildman–Crippen LogP) is 2.83. The molecule has 0 aliphatic rings. The van der Waals surface area contributed by atoms with Gasteiger partial charge < -0.3 is 14.8 Å². The van der Waals surface area contributed by atoms with Crippen molar-refractivity contribution in [3.05, 3.63) is 24.3 Å². The summed E-state index contributed by atoms with van der Waals surface area (Å²) in [6.07, 6.45) is 2.02. The van der Waals surface area contributed by atoms with Gasteiger partial charge in [-0.25, -0.2) is 0 Å². The zero-order valence-corrected chi connectivity index (χ0v) is 12.4. The monoisotopic (exact) mass is 292 g/mol. The minimum atomic E-state index is 0.199. The van der Waals surface area contributed by atoms with Gasteiger partial charge in [-0.1, -0.05) is 0 Å². The lowest BCUT2D eigenvalue weighted by atomic mass is 10.3. The highest BCUT2D eigenvalue weighted by atomic mass is 32.2. The smallest absolute Gasteiger partial charge is 0.330 e. The second-order valence-electron chi connectivity index (χ2n) is 3.74. The van der Waals surface area contributed by atoms with Crippen LogP contribution in [0.3, 0.4) is 0 Å². The van der Waals surface area contributed by atoms with E-state index in [1.807, 2.05) is 37.4 Å². The van der Waals surface area contributed by atoms with Crippen LogP contribution in [-0.4, -0.2) is 34.9 Å². The Labute approximate surface area is 122 Å². The molecule has 6 nitrogen and oxygen atoms in total. The van der Waals surface area contributed by atoms with Crippen molar-refractivity contribution in [1.29, 1.82) is 0 Å². The molecule has 0 atom stereocenters. The average molecular weight is 292 g/mol. The van der Waals surface area contributed by atoms with E-state index in [0.29, 0.717) is 18.2 Å². The molecule has 0 saturated carbocycles. The maximum atomic E-state index is 5.62. The third-order valence-electron chi connectivity index (χ3n) is 2.38. The first-order chi connectivity index (χ1) is 9.75. The largest absolute Gasteiger partial charge is 0.467 e. The number of ether oxygens (including phenoxy) is 2. The molecule has 0 spiro atoms. The van der Waals surface area contributed by atoms with Gasteiger partial charge in [-0.15, -0.1) is 16.7 Å². The number of hydrogen-bond donors (Lipinski definition) is 1. The van der Waals surface area contributed by atoms with Crippen LogP contribution < -0.4 is 14.8 Å². The molecular formula is C13H16N4O2S. The lowest BCUT2D eigenvalue weighted by molar-refractivity contribution is 0.360. The standard InChI is InChI=1S/C13H16N4O2S/c1-4-14-11-15-12(18-2)17-13(16-11)19-9-5-7-10(20-3)8-6-9/h5-8H,4H2,1-3H3,(H,14,15,16,17). The second kappa shape index (κ2) is 6.95. The number of nitrogens with one attached hydrogen (secondary N) is 1. The molecule has 1 aromatic heterocycles. The van der Waals surface area contributed by atoms with E-state index in [1.54, 1.807) is 11.8 Å². The van der Waals surface area contributed by atoms with E-state index >= 15 is 0 Å². The number of methoxy groups -OCH3 is 1. The number of nitrogens with zero attached hydrogens (tertiary/aromatic N) is 3. The van der Waals surface area contributed by atoms with Crippen molar-refractivity contribution in [3.8, 4) is 17.8 Å². The zero-order valence-electron chi connectivity index (χ0n) is 11.6. The van der Waals surface area contributed by atoms with Crippen molar-refractivity contribution in [3.63, 3.8) is 0 Å². The molecule has 0 unspecified atom stereocenters. The molecule has 0 bridgehead atoms. The quantitative estimate of drug-likeness (QED) is 0.821. The molecule has 1 N–H and O–H groups in total. The normalized spacial score (nSPS) is 10.2. The number of thioether (sulfide) groups is 1. The Balaban J connectivity index is 2.20. The molecule has 0 saturated heterocycles. The highest BCUT2D eigenvalue weighted by Gasteiger charge is 2.08. The van der Waals surface area contributed by atoms with Gasteiger partial charge in [0.1, 0.15) is 5.75 Å². The molecule has 1 aromatic carbocycles. The topological polar surface area (TPSA) is 69.2 Å². The van der Waals surface area contributed by atoms with Gasteiger partial charge in [0.15, 0.2) is 0 Å². The van der Waals surface area contributed by atoms with Gasteiger partial charge in [0.2, 0.25) is 5.95 Å². The lowest BCUT2D eigenvalue weighted by Crippen LogP contribution is -2.06. The fraction of sp³-hybridized carbons (Fsp3) is 0.308. The van der Waals surface area contributed by atoms with Crippen molar-refractivity contribution < 1.29 is 9.47 Å². The summed E-state index contributed by atoms with van der Waals surface area (Å²) in [5.41, 5.74) is 0. The minimum Gasteiger partial charge on any atom is -0.467 e. The SMILES string of the molecule is CCNc1nc(OC)nc(Oc2ccc(SC)cc2)n1. The minimum absolute atomic E-state index is 0.199. The van der Waals surface area contributed by atoms with E-state index in [9.17, 15) is 0 Å². The Kier molecular flexibility index (Phi) is 5.00. The van der Waals surface area contributed by atoms with Crippen molar-refractivity contribution >= 4 is 17.7 Å². The van der Waals surface area contributed by atoms with Crippen molar-refractivity contribution in [2.75, 3.05) is 25.2 Å². The molecule has 20 heavy (non-hydrogen) atoms. The highest BCUT2D eigenvalue weighted by molar-refractivity contribution is 7.98. The van der Waals surface area contributed by atoms with Gasteiger partial charge in [0.25, 0.3) is 0 Å². The lowest BCUT2D eigenvalue weighted by Gasteiger charge is -2.08. The molecule has 0 radical (unpaired) electrons. The van der Waals surface area contributed by atoms with Gasteiger partial charge in [0.05, 0.1) is 7.11 Å². The Morgan fingerprint density at radius 3 is 2.40 bits per heavy atom. The summed E-state index contributed by atoms with van der Waals surface area (Å²) in [6.45, 7) is 2.66. The number of benzene rings is 1. The Morgan fingerprint density at radius 1 is 1.10 bits per heavy atom. The molecule has 106 valence electrons. The van der Waals surface area contributed by atoms with E-state index in [1.165, 1.54) is 12.0 Å². The van der Waals surface area contributed by atoms with Crippen LogP contribution in [0.5, 0.6) is 17.8 Å². The summed E-state index contributed by atoms with van der Waals surface area (Å²) in [5.74, 6) is 1.09. The van der Waals surface area contributed by atoms with Crippen LogP contribution in [-0.2, 0) is 0 Å². The Morgan fingerprint density at radius 2 is 1.80 bits per heavy atom. The summed E-state index contributed by atoms with van der Waals surface area (Å²) >= 11 is 1.67. The number of anilines is 1. The third-order valence-corrected chi connectivity index (χ3v) is 3.12. The molecule has 0 aliphatic carbocycles. The first-order valence-corrected chi connectivity index (χ1v) is 7.33. The van der Waals surface area contributed by atoms with Crippen LogP contribution in [0, 0.1) is 0 Å². The van der Waals surface area contributed by atoms with Gasteiger partial charge >= 0.3 is 12.0 Å². The van der Waals surface area contributed by atoms with E-state index < -0.39 is 0 Å². The van der Waals surface area contributed by atoms with Gasteiger partial charge in [-0.05, 0) is 37.4 Å². The number of rotatable bonds is 6. The van der Waals surface area contributed by atoms with Gasteiger partial charge in [-0.3, -0.25) is 0 Å². The van der Waals surface area contributed by atoms with Crippen LogP contribution in [0.4, 0.5) is 5.95 Å². The van der Waals surface area contributed by atoms with E-state index in [2.05, 4.69) is 20.3 Å². The highest BCUT2D eigenvalue weighted by Crippen LogP contribution is 2.23. The number of hydrogen-bond acceptors (Lipinski definition) is 7. The Hall–Kier alpha value is -2.02. The maximum absolute atomic E-state index is 5.62. The van der Waals surface area contributed by atoms with E-state index in [0.717, 1.165) is 0 Å². The molecule has 0 amide bonds. The average Bonchev–Trinajstić information content (AvgIpc) is 2.48. The molecule has 2 rings (SSSR count). The van der Waals surface area contributed by atoms with E-state index in [4.69, 9.17) is 9.47 Å². The molecule has 7 heteroatoms. The van der Waals surface area contributed by atoms with Crippen LogP contribution in [0.25, 0.3) is 0 Å². The maximum Gasteiger partial charge on any atom is 0.330 e. The number of aromatic nitrogens is 3. The summed E-state index contributed by atoms with van der Waals surface area (Å²) in [6, 6.07) is 8.11. The first-order valence-electron chi connectivity index (χ1n) is 6.11. The van der Waals surface area contributed by atoms with Crippen molar-refractivity contribution in [2.45, 2.75) is 11.8 Å². The Bertz CT molecular complexity index is 563.